The third-order valence-corrected chi connectivity index (χ3v) is 14.2. The van der Waals surface area contributed by atoms with Crippen LogP contribution in [0.25, 0.3) is 98.8 Å². The Labute approximate surface area is 363 Å². The molecule has 0 bridgehead atoms. The molecule has 0 aliphatic heterocycles. The van der Waals surface area contributed by atoms with Crippen molar-refractivity contribution in [2.45, 2.75) is 5.41 Å². The maximum absolute atomic E-state index is 5.24. The Kier molecular flexibility index (Phi) is 7.69. The summed E-state index contributed by atoms with van der Waals surface area (Å²) in [6, 6.07) is 76.8. The van der Waals surface area contributed by atoms with Gasteiger partial charge >= 0.3 is 0 Å². The summed E-state index contributed by atoms with van der Waals surface area (Å²) < 4.78 is 2.58. The van der Waals surface area contributed by atoms with Crippen LogP contribution in [0.1, 0.15) is 22.3 Å². The second-order valence-electron chi connectivity index (χ2n) is 16.3. The molecule has 4 heteroatoms. The average Bonchev–Trinajstić information content (AvgIpc) is 3.98. The Hall–Kier alpha value is -7.79. The molecule has 11 aromatic rings. The number of fused-ring (bicyclic) bond motifs is 13. The van der Waals surface area contributed by atoms with E-state index in [1.807, 2.05) is 29.5 Å². The van der Waals surface area contributed by atoms with Crippen LogP contribution < -0.4 is 0 Å². The molecular formula is C58H35N3S. The van der Waals surface area contributed by atoms with Gasteiger partial charge in [-0.05, 0) is 91.0 Å². The van der Waals surface area contributed by atoms with Crippen LogP contribution in [0, 0.1) is 0 Å². The molecular weight excluding hydrogens is 771 g/mol. The molecule has 2 heterocycles. The molecule has 0 unspecified atom stereocenters. The first kappa shape index (κ1) is 35.0. The van der Waals surface area contributed by atoms with Crippen molar-refractivity contribution in [3.8, 4) is 78.7 Å². The minimum absolute atomic E-state index is 0.405. The van der Waals surface area contributed by atoms with Crippen LogP contribution in [0.5, 0.6) is 0 Å². The fourth-order valence-corrected chi connectivity index (χ4v) is 11.5. The zero-order valence-corrected chi connectivity index (χ0v) is 34.3. The van der Waals surface area contributed by atoms with Gasteiger partial charge in [0, 0.05) is 36.9 Å². The van der Waals surface area contributed by atoms with Crippen LogP contribution in [0.2, 0.25) is 0 Å². The lowest BCUT2D eigenvalue weighted by Gasteiger charge is -2.30. The lowest BCUT2D eigenvalue weighted by molar-refractivity contribution is 0.794. The van der Waals surface area contributed by atoms with Crippen molar-refractivity contribution in [1.29, 1.82) is 0 Å². The second kappa shape index (κ2) is 13.6. The molecule has 62 heavy (non-hydrogen) atoms. The number of hydrogen-bond donors (Lipinski definition) is 0. The molecule has 2 aromatic heterocycles. The molecule has 0 saturated carbocycles. The normalized spacial score (nSPS) is 13.0. The highest BCUT2D eigenvalue weighted by Crippen LogP contribution is 2.63. The topological polar surface area (TPSA) is 38.7 Å². The van der Waals surface area contributed by atoms with Gasteiger partial charge < -0.3 is 0 Å². The van der Waals surface area contributed by atoms with Gasteiger partial charge in [-0.15, -0.1) is 11.3 Å². The smallest absolute Gasteiger partial charge is 0.164 e. The van der Waals surface area contributed by atoms with Crippen molar-refractivity contribution in [3.05, 3.63) is 235 Å². The quantitative estimate of drug-likeness (QED) is 0.174. The highest BCUT2D eigenvalue weighted by Gasteiger charge is 2.51. The summed E-state index contributed by atoms with van der Waals surface area (Å²) in [4.78, 5) is 15.5. The molecule has 0 fully saturated rings. The first-order chi connectivity index (χ1) is 30.7. The van der Waals surface area contributed by atoms with E-state index in [0.29, 0.717) is 17.5 Å². The van der Waals surface area contributed by atoms with Crippen molar-refractivity contribution in [3.63, 3.8) is 0 Å². The Morgan fingerprint density at radius 3 is 1.42 bits per heavy atom. The summed E-state index contributed by atoms with van der Waals surface area (Å²) in [7, 11) is 0. The third-order valence-electron chi connectivity index (χ3n) is 13.0. The van der Waals surface area contributed by atoms with E-state index < -0.39 is 5.41 Å². The van der Waals surface area contributed by atoms with Gasteiger partial charge in [-0.2, -0.15) is 0 Å². The molecule has 0 saturated heterocycles. The molecule has 0 radical (unpaired) electrons. The molecule has 1 spiro atoms. The maximum Gasteiger partial charge on any atom is 0.164 e. The van der Waals surface area contributed by atoms with Gasteiger partial charge in [-0.1, -0.05) is 188 Å². The number of thiophene rings is 1. The SMILES string of the molecule is c1ccc(-c2nc(-c3cccc(-c4ccc5c(c4)C4(c6ccccc6-c6ccccc64)c4ccccc4-5)c3)nc(-c3cccc(-c4cccc5c4sc4ccccc45)c3)n2)cc1. The zero-order valence-electron chi connectivity index (χ0n) is 33.5. The number of benzene rings is 9. The van der Waals surface area contributed by atoms with Crippen molar-refractivity contribution >= 4 is 31.5 Å². The van der Waals surface area contributed by atoms with E-state index in [1.54, 1.807) is 0 Å². The van der Waals surface area contributed by atoms with E-state index >= 15 is 0 Å². The lowest BCUT2D eigenvalue weighted by Crippen LogP contribution is -2.25. The zero-order chi connectivity index (χ0) is 40.8. The molecule has 0 amide bonds. The van der Waals surface area contributed by atoms with Crippen LogP contribution in [0.4, 0.5) is 0 Å². The first-order valence-corrected chi connectivity index (χ1v) is 21.9. The minimum Gasteiger partial charge on any atom is -0.208 e. The van der Waals surface area contributed by atoms with E-state index in [1.165, 1.54) is 70.2 Å². The Balaban J connectivity index is 0.949. The standard InChI is InChI=1S/C58H35N3S/c1-2-15-36(16-3-1)55-59-56(61-57(60-55)41-20-13-18-39(34-41)42-25-14-26-48-47-24-7-11-30-53(47)62-54(42)48)40-19-12-17-37(33-40)38-31-32-46-45-23-6-10-29-51(45)58(52(46)35-38)49-27-8-4-21-43(49)44-22-5-9-28-50(44)58/h1-35H. The monoisotopic (exact) mass is 805 g/mol. The fourth-order valence-electron chi connectivity index (χ4n) is 10.3. The Bertz CT molecular complexity index is 3540. The summed E-state index contributed by atoms with van der Waals surface area (Å²) in [5, 5.41) is 2.57. The van der Waals surface area contributed by atoms with Crippen molar-refractivity contribution in [2.75, 3.05) is 0 Å². The van der Waals surface area contributed by atoms with E-state index in [0.717, 1.165) is 33.4 Å². The predicted octanol–water partition coefficient (Wildman–Crippen LogP) is 14.9. The summed E-state index contributed by atoms with van der Waals surface area (Å²) in [6.45, 7) is 0. The number of nitrogens with zero attached hydrogens (tertiary/aromatic N) is 3. The van der Waals surface area contributed by atoms with Crippen molar-refractivity contribution in [1.82, 2.24) is 15.0 Å². The van der Waals surface area contributed by atoms with E-state index in [4.69, 9.17) is 15.0 Å². The summed E-state index contributed by atoms with van der Waals surface area (Å²) >= 11 is 1.85. The highest BCUT2D eigenvalue weighted by molar-refractivity contribution is 7.26. The van der Waals surface area contributed by atoms with E-state index in [9.17, 15) is 0 Å². The fraction of sp³-hybridized carbons (Fsp3) is 0.0172. The van der Waals surface area contributed by atoms with Gasteiger partial charge in [-0.25, -0.2) is 15.0 Å². The van der Waals surface area contributed by atoms with Crippen LogP contribution in [-0.2, 0) is 5.41 Å². The van der Waals surface area contributed by atoms with Crippen LogP contribution in [0.3, 0.4) is 0 Å². The van der Waals surface area contributed by atoms with Gasteiger partial charge in [0.1, 0.15) is 0 Å². The van der Waals surface area contributed by atoms with Gasteiger partial charge in [0.15, 0.2) is 17.5 Å². The van der Waals surface area contributed by atoms with Crippen LogP contribution in [-0.4, -0.2) is 15.0 Å². The summed E-state index contributed by atoms with van der Waals surface area (Å²) in [6.07, 6.45) is 0. The Morgan fingerprint density at radius 2 is 0.742 bits per heavy atom. The highest BCUT2D eigenvalue weighted by atomic mass is 32.1. The molecule has 288 valence electrons. The maximum atomic E-state index is 5.24. The molecule has 3 nitrogen and oxygen atoms in total. The minimum atomic E-state index is -0.405. The Morgan fingerprint density at radius 1 is 0.290 bits per heavy atom. The largest absolute Gasteiger partial charge is 0.208 e. The summed E-state index contributed by atoms with van der Waals surface area (Å²) in [5.74, 6) is 1.92. The van der Waals surface area contributed by atoms with Crippen molar-refractivity contribution < 1.29 is 0 Å². The number of aromatic nitrogens is 3. The van der Waals surface area contributed by atoms with E-state index in [-0.39, 0.29) is 0 Å². The van der Waals surface area contributed by atoms with Crippen LogP contribution >= 0.6 is 11.3 Å². The second-order valence-corrected chi connectivity index (χ2v) is 17.3. The number of rotatable bonds is 5. The molecule has 2 aliphatic rings. The van der Waals surface area contributed by atoms with Gasteiger partial charge in [0.25, 0.3) is 0 Å². The van der Waals surface area contributed by atoms with E-state index in [2.05, 4.69) is 194 Å². The third kappa shape index (κ3) is 5.14. The lowest BCUT2D eigenvalue weighted by atomic mass is 9.70. The first-order valence-electron chi connectivity index (χ1n) is 21.1. The molecule has 0 atom stereocenters. The van der Waals surface area contributed by atoms with Gasteiger partial charge in [0.2, 0.25) is 0 Å². The molecule has 0 N–H and O–H groups in total. The molecule has 2 aliphatic carbocycles. The molecule has 13 rings (SSSR count). The van der Waals surface area contributed by atoms with Crippen molar-refractivity contribution in [2.24, 2.45) is 0 Å². The average molecular weight is 806 g/mol. The van der Waals surface area contributed by atoms with Gasteiger partial charge in [-0.3, -0.25) is 0 Å². The molecule has 9 aromatic carbocycles. The number of hydrogen-bond acceptors (Lipinski definition) is 4. The predicted molar refractivity (Wildman–Crippen MR) is 256 cm³/mol. The van der Waals surface area contributed by atoms with Gasteiger partial charge in [0.05, 0.1) is 5.41 Å². The summed E-state index contributed by atoms with van der Waals surface area (Å²) in [5.41, 5.74) is 17.6. The van der Waals surface area contributed by atoms with Crippen LogP contribution in [0.15, 0.2) is 212 Å².